The monoisotopic (exact) mass is 502 g/mol. The van der Waals surface area contributed by atoms with Crippen LogP contribution in [0.25, 0.3) is 0 Å². The summed E-state index contributed by atoms with van der Waals surface area (Å²) in [7, 11) is 0. The topological polar surface area (TPSA) is 200 Å². The lowest BCUT2D eigenvalue weighted by Gasteiger charge is -2.27. The van der Waals surface area contributed by atoms with E-state index in [4.69, 9.17) is 5.73 Å². The number of carbonyl (C=O) groups is 4. The van der Waals surface area contributed by atoms with Crippen LogP contribution in [-0.4, -0.2) is 74.6 Å². The van der Waals surface area contributed by atoms with Gasteiger partial charge in [-0.3, -0.25) is 14.4 Å². The number of aliphatic hydroxyl groups is 1. The number of aliphatic carboxylic acids is 1. The predicted octanol–water partition coefficient (Wildman–Crippen LogP) is -0.900. The van der Waals surface area contributed by atoms with Gasteiger partial charge >= 0.3 is 5.97 Å². The summed E-state index contributed by atoms with van der Waals surface area (Å²) in [5.41, 5.74) is 7.23. The van der Waals surface area contributed by atoms with E-state index in [9.17, 15) is 29.4 Å². The Kier molecular flexibility index (Phi) is 11.0. The van der Waals surface area contributed by atoms with Gasteiger partial charge in [-0.05, 0) is 11.5 Å². The maximum atomic E-state index is 13.0. The Bertz CT molecular complexity index is 1000. The molecule has 36 heavy (non-hydrogen) atoms. The van der Waals surface area contributed by atoms with Crippen molar-refractivity contribution < 1.29 is 29.4 Å². The number of amides is 3. The molecule has 3 amide bonds. The third-order valence-electron chi connectivity index (χ3n) is 5.84. The molecule has 2 aromatic rings. The Morgan fingerprint density at radius 1 is 1.00 bits per heavy atom. The Labute approximate surface area is 209 Å². The Hall–Kier alpha value is -3.77. The molecule has 0 aliphatic heterocycles. The molecule has 0 spiro atoms. The molecule has 1 aromatic heterocycles. The fourth-order valence-corrected chi connectivity index (χ4v) is 3.47. The van der Waals surface area contributed by atoms with E-state index >= 15 is 0 Å². The molecule has 12 heteroatoms. The molecular weight excluding hydrogens is 468 g/mol. The van der Waals surface area contributed by atoms with Crippen molar-refractivity contribution in [3.8, 4) is 0 Å². The van der Waals surface area contributed by atoms with Gasteiger partial charge in [0.2, 0.25) is 17.7 Å². The number of carboxylic acids is 1. The largest absolute Gasteiger partial charge is 0.480 e. The molecular formula is C24H34N6O6. The highest BCUT2D eigenvalue weighted by atomic mass is 16.4. The maximum Gasteiger partial charge on any atom is 0.326 e. The number of rotatable bonds is 14. The van der Waals surface area contributed by atoms with E-state index in [1.165, 1.54) is 12.5 Å². The summed E-state index contributed by atoms with van der Waals surface area (Å²) in [4.78, 5) is 56.8. The van der Waals surface area contributed by atoms with E-state index in [0.29, 0.717) is 12.1 Å². The molecule has 0 aliphatic carbocycles. The zero-order valence-corrected chi connectivity index (χ0v) is 20.3. The quantitative estimate of drug-likeness (QED) is 0.172. The number of carbonyl (C=O) groups excluding carboxylic acids is 3. The number of aliphatic hydroxyl groups excluding tert-OH is 1. The number of hydrogen-bond donors (Lipinski definition) is 7. The first-order valence-corrected chi connectivity index (χ1v) is 11.7. The molecule has 0 bridgehead atoms. The molecule has 2 rings (SSSR count). The van der Waals surface area contributed by atoms with Crippen LogP contribution in [0.15, 0.2) is 42.9 Å². The van der Waals surface area contributed by atoms with E-state index in [-0.39, 0.29) is 18.8 Å². The summed E-state index contributed by atoms with van der Waals surface area (Å²) in [6.45, 7) is 2.81. The van der Waals surface area contributed by atoms with E-state index < -0.39 is 54.5 Å². The van der Waals surface area contributed by atoms with Crippen LogP contribution in [0.2, 0.25) is 0 Å². The van der Waals surface area contributed by atoms with Crippen LogP contribution in [0.5, 0.6) is 0 Å². The standard InChI is InChI=1S/C24H34N6O6/c1-3-14(2)20(23(34)28-18(24(35)36)9-15-7-5-4-6-8-15)30-22(33)19(12-31)29-21(32)17(25)10-16-11-26-13-27-16/h4-8,11,13-14,17-20,31H,3,9-10,12,25H2,1-2H3,(H,26,27)(H,28,34)(H,29,32)(H,30,33)(H,35,36). The lowest BCUT2D eigenvalue weighted by molar-refractivity contribution is -0.142. The molecule has 0 saturated heterocycles. The number of nitrogens with one attached hydrogen (secondary N) is 4. The van der Waals surface area contributed by atoms with Gasteiger partial charge in [0.05, 0.1) is 19.0 Å². The van der Waals surface area contributed by atoms with Crippen LogP contribution in [0, 0.1) is 5.92 Å². The van der Waals surface area contributed by atoms with Crippen molar-refractivity contribution in [2.24, 2.45) is 11.7 Å². The van der Waals surface area contributed by atoms with Crippen LogP contribution in [0.4, 0.5) is 0 Å². The molecule has 1 heterocycles. The summed E-state index contributed by atoms with van der Waals surface area (Å²) >= 11 is 0. The van der Waals surface area contributed by atoms with Crippen LogP contribution in [0.3, 0.4) is 0 Å². The van der Waals surface area contributed by atoms with Crippen LogP contribution in [-0.2, 0) is 32.0 Å². The van der Waals surface area contributed by atoms with E-state index in [0.717, 1.165) is 5.56 Å². The minimum Gasteiger partial charge on any atom is -0.480 e. The first-order chi connectivity index (χ1) is 17.2. The zero-order chi connectivity index (χ0) is 26.7. The van der Waals surface area contributed by atoms with Crippen molar-refractivity contribution >= 4 is 23.7 Å². The van der Waals surface area contributed by atoms with Gasteiger partial charge in [0.15, 0.2) is 0 Å². The van der Waals surface area contributed by atoms with Gasteiger partial charge < -0.3 is 36.9 Å². The molecule has 0 fully saturated rings. The van der Waals surface area contributed by atoms with Gasteiger partial charge in [-0.25, -0.2) is 9.78 Å². The Morgan fingerprint density at radius 3 is 2.22 bits per heavy atom. The number of nitrogens with zero attached hydrogens (tertiary/aromatic N) is 1. The van der Waals surface area contributed by atoms with Gasteiger partial charge in [-0.15, -0.1) is 0 Å². The molecule has 0 aliphatic rings. The fraction of sp³-hybridized carbons (Fsp3) is 0.458. The van der Waals surface area contributed by atoms with Crippen molar-refractivity contribution in [2.45, 2.75) is 57.3 Å². The third kappa shape index (κ3) is 8.47. The summed E-state index contributed by atoms with van der Waals surface area (Å²) < 4.78 is 0. The van der Waals surface area contributed by atoms with Crippen molar-refractivity contribution in [3.63, 3.8) is 0 Å². The molecule has 8 N–H and O–H groups in total. The van der Waals surface area contributed by atoms with Crippen LogP contribution < -0.4 is 21.7 Å². The summed E-state index contributed by atoms with van der Waals surface area (Å²) in [6.07, 6.45) is 3.66. The van der Waals surface area contributed by atoms with Gasteiger partial charge in [0.25, 0.3) is 0 Å². The van der Waals surface area contributed by atoms with Crippen LogP contribution >= 0.6 is 0 Å². The van der Waals surface area contributed by atoms with Crippen molar-refractivity contribution in [1.82, 2.24) is 25.9 Å². The van der Waals surface area contributed by atoms with Gasteiger partial charge in [-0.1, -0.05) is 50.6 Å². The Balaban J connectivity index is 2.05. The molecule has 0 saturated carbocycles. The van der Waals surface area contributed by atoms with Crippen molar-refractivity contribution in [2.75, 3.05) is 6.61 Å². The summed E-state index contributed by atoms with van der Waals surface area (Å²) in [5, 5.41) is 26.7. The number of benzene rings is 1. The average Bonchev–Trinajstić information content (AvgIpc) is 3.38. The molecule has 196 valence electrons. The highest BCUT2D eigenvalue weighted by Crippen LogP contribution is 2.10. The second-order valence-corrected chi connectivity index (χ2v) is 8.59. The first-order valence-electron chi connectivity index (χ1n) is 11.7. The van der Waals surface area contributed by atoms with Gasteiger partial charge in [0, 0.05) is 24.7 Å². The molecule has 1 aromatic carbocycles. The average molecular weight is 503 g/mol. The van der Waals surface area contributed by atoms with Crippen molar-refractivity contribution in [1.29, 1.82) is 0 Å². The SMILES string of the molecule is CCC(C)C(NC(=O)C(CO)NC(=O)C(N)Cc1cnc[nH]1)C(=O)NC(Cc1ccccc1)C(=O)O. The number of hydrogen-bond acceptors (Lipinski definition) is 7. The number of aromatic amines is 1. The maximum absolute atomic E-state index is 13.0. The second kappa shape index (κ2) is 14.0. The smallest absolute Gasteiger partial charge is 0.326 e. The van der Waals surface area contributed by atoms with E-state index in [1.54, 1.807) is 37.3 Å². The molecule has 0 radical (unpaired) electrons. The van der Waals surface area contributed by atoms with Crippen molar-refractivity contribution in [3.05, 3.63) is 54.1 Å². The third-order valence-corrected chi connectivity index (χ3v) is 5.84. The summed E-state index contributed by atoms with van der Waals surface area (Å²) in [6, 6.07) is 4.17. The Morgan fingerprint density at radius 2 is 1.67 bits per heavy atom. The zero-order valence-electron chi connectivity index (χ0n) is 20.3. The molecule has 12 nitrogen and oxygen atoms in total. The predicted molar refractivity (Wildman–Crippen MR) is 130 cm³/mol. The van der Waals surface area contributed by atoms with Gasteiger partial charge in [0.1, 0.15) is 18.1 Å². The number of aromatic nitrogens is 2. The lowest BCUT2D eigenvalue weighted by atomic mass is 9.97. The highest BCUT2D eigenvalue weighted by Gasteiger charge is 2.32. The highest BCUT2D eigenvalue weighted by molar-refractivity contribution is 5.94. The first kappa shape index (κ1) is 28.5. The second-order valence-electron chi connectivity index (χ2n) is 8.59. The lowest BCUT2D eigenvalue weighted by Crippen LogP contribution is -2.59. The molecule has 5 unspecified atom stereocenters. The number of nitrogens with two attached hydrogens (primary N) is 1. The minimum absolute atomic E-state index is 0.0621. The normalized spacial score (nSPS) is 15.1. The van der Waals surface area contributed by atoms with Crippen LogP contribution in [0.1, 0.15) is 31.5 Å². The number of imidazole rings is 1. The van der Waals surface area contributed by atoms with E-state index in [1.807, 2.05) is 6.92 Å². The minimum atomic E-state index is -1.36. The van der Waals surface area contributed by atoms with Gasteiger partial charge in [-0.2, -0.15) is 0 Å². The van der Waals surface area contributed by atoms with E-state index in [2.05, 4.69) is 25.9 Å². The fourth-order valence-electron chi connectivity index (χ4n) is 3.47. The molecule has 5 atom stereocenters. The summed E-state index contributed by atoms with van der Waals surface area (Å²) in [5.74, 6) is -3.72. The number of carboxylic acid groups (broad SMARTS) is 1. The number of H-pyrrole nitrogens is 1.